The molecular formula is C27H34N2O5. The molecule has 1 heterocycles. The van der Waals surface area contributed by atoms with Crippen LogP contribution in [0, 0.1) is 0 Å². The summed E-state index contributed by atoms with van der Waals surface area (Å²) >= 11 is 0. The van der Waals surface area contributed by atoms with Crippen LogP contribution >= 0.6 is 0 Å². The molecule has 0 unspecified atom stereocenters. The monoisotopic (exact) mass is 466 g/mol. The molecule has 0 saturated carbocycles. The molecule has 0 aromatic heterocycles. The average molecular weight is 467 g/mol. The fraction of sp³-hybridized carbons (Fsp3) is 0.407. The van der Waals surface area contributed by atoms with Gasteiger partial charge in [0.25, 0.3) is 11.8 Å². The lowest BCUT2D eigenvalue weighted by Gasteiger charge is -2.16. The second-order valence-electron chi connectivity index (χ2n) is 8.76. The summed E-state index contributed by atoms with van der Waals surface area (Å²) in [6.45, 7) is 8.91. The average Bonchev–Trinajstić information content (AvgIpc) is 3.05. The van der Waals surface area contributed by atoms with Gasteiger partial charge in [-0.05, 0) is 61.6 Å². The zero-order chi connectivity index (χ0) is 24.8. The minimum atomic E-state index is -0.354. The molecule has 0 aliphatic carbocycles. The zero-order valence-electron chi connectivity index (χ0n) is 20.8. The van der Waals surface area contributed by atoms with Crippen LogP contribution in [0.5, 0.6) is 11.5 Å². The Bertz CT molecular complexity index is 1060. The molecule has 0 radical (unpaired) electrons. The maximum absolute atomic E-state index is 13.4. The van der Waals surface area contributed by atoms with Crippen molar-refractivity contribution >= 4 is 23.1 Å². The van der Waals surface area contributed by atoms with E-state index in [1.807, 2.05) is 38.1 Å². The van der Waals surface area contributed by atoms with Crippen LogP contribution in [0.4, 0.5) is 5.69 Å². The molecule has 0 bridgehead atoms. The van der Waals surface area contributed by atoms with Gasteiger partial charge in [0.1, 0.15) is 5.70 Å². The number of hydrogen-bond acceptors (Lipinski definition) is 6. The Kier molecular flexibility index (Phi) is 8.34. The number of imide groups is 1. The third-order valence-electron chi connectivity index (χ3n) is 5.66. The summed E-state index contributed by atoms with van der Waals surface area (Å²) in [6.07, 6.45) is 0.655. The van der Waals surface area contributed by atoms with Crippen LogP contribution in [0.1, 0.15) is 51.2 Å². The first kappa shape index (κ1) is 25.3. The molecule has 0 atom stereocenters. The van der Waals surface area contributed by atoms with E-state index in [0.29, 0.717) is 41.6 Å². The van der Waals surface area contributed by atoms with Gasteiger partial charge in [-0.1, -0.05) is 32.0 Å². The van der Waals surface area contributed by atoms with E-state index in [1.165, 1.54) is 17.6 Å². The number of hydrogen-bond donors (Lipinski definition) is 1. The third kappa shape index (κ3) is 5.59. The summed E-state index contributed by atoms with van der Waals surface area (Å²) in [5.74, 6) is 0.728. The fourth-order valence-corrected chi connectivity index (χ4v) is 3.79. The first-order chi connectivity index (χ1) is 16.3. The summed E-state index contributed by atoms with van der Waals surface area (Å²) in [4.78, 5) is 28.1. The molecule has 7 nitrogen and oxygen atoms in total. The summed E-state index contributed by atoms with van der Waals surface area (Å²) in [7, 11) is 3.09. The van der Waals surface area contributed by atoms with Gasteiger partial charge in [-0.2, -0.15) is 0 Å². The molecule has 0 fully saturated rings. The van der Waals surface area contributed by atoms with Crippen LogP contribution < -0.4 is 14.8 Å². The normalized spacial score (nSPS) is 13.9. The highest BCUT2D eigenvalue weighted by Gasteiger charge is 2.39. The van der Waals surface area contributed by atoms with Crippen molar-refractivity contribution in [2.75, 3.05) is 32.7 Å². The lowest BCUT2D eigenvalue weighted by molar-refractivity contribution is -0.137. The Labute approximate surface area is 201 Å². The van der Waals surface area contributed by atoms with Gasteiger partial charge < -0.3 is 19.5 Å². The second-order valence-corrected chi connectivity index (χ2v) is 8.76. The highest BCUT2D eigenvalue weighted by atomic mass is 16.5. The van der Waals surface area contributed by atoms with E-state index in [2.05, 4.69) is 19.2 Å². The SMILES string of the molecule is COc1ccc(C2=C(Nc3ccc(C(C)C)cc3)C(=O)N(CCCOC(C)C)C2=O)cc1OC. The molecule has 182 valence electrons. The van der Waals surface area contributed by atoms with E-state index in [0.717, 1.165) is 5.69 Å². The third-order valence-corrected chi connectivity index (χ3v) is 5.66. The van der Waals surface area contributed by atoms with Crippen LogP contribution in [0.15, 0.2) is 48.2 Å². The minimum Gasteiger partial charge on any atom is -0.493 e. The van der Waals surface area contributed by atoms with Gasteiger partial charge in [0.15, 0.2) is 11.5 Å². The van der Waals surface area contributed by atoms with Gasteiger partial charge in [0.05, 0.1) is 25.9 Å². The number of rotatable bonds is 11. The molecule has 2 amide bonds. The fourth-order valence-electron chi connectivity index (χ4n) is 3.79. The van der Waals surface area contributed by atoms with Crippen LogP contribution in [-0.2, 0) is 14.3 Å². The van der Waals surface area contributed by atoms with Gasteiger partial charge in [0, 0.05) is 18.8 Å². The van der Waals surface area contributed by atoms with Crippen LogP contribution in [-0.4, -0.2) is 50.2 Å². The molecule has 3 rings (SSSR count). The number of nitrogens with zero attached hydrogens (tertiary/aromatic N) is 1. The number of carbonyl (C=O) groups is 2. The topological polar surface area (TPSA) is 77.1 Å². The van der Waals surface area contributed by atoms with E-state index < -0.39 is 0 Å². The Morgan fingerprint density at radius 1 is 0.882 bits per heavy atom. The standard InChI is InChI=1S/C27H34N2O5/c1-17(2)19-8-11-21(12-9-19)28-25-24(20-10-13-22(32-5)23(16-20)33-6)26(30)29(27(25)31)14-7-15-34-18(3)4/h8-13,16-18,28H,7,14-15H2,1-6H3. The van der Waals surface area contributed by atoms with Gasteiger partial charge in [-0.15, -0.1) is 0 Å². The molecule has 2 aromatic carbocycles. The largest absolute Gasteiger partial charge is 0.493 e. The summed E-state index contributed by atoms with van der Waals surface area (Å²) in [5, 5.41) is 3.20. The number of benzene rings is 2. The van der Waals surface area contributed by atoms with Crippen molar-refractivity contribution in [3.8, 4) is 11.5 Å². The van der Waals surface area contributed by atoms with Crippen molar-refractivity contribution in [3.63, 3.8) is 0 Å². The number of amides is 2. The molecule has 7 heteroatoms. The quantitative estimate of drug-likeness (QED) is 0.377. The molecular weight excluding hydrogens is 432 g/mol. The Morgan fingerprint density at radius 3 is 2.15 bits per heavy atom. The Morgan fingerprint density at radius 2 is 1.56 bits per heavy atom. The lowest BCUT2D eigenvalue weighted by Crippen LogP contribution is -2.34. The lowest BCUT2D eigenvalue weighted by atomic mass is 10.0. The van der Waals surface area contributed by atoms with E-state index >= 15 is 0 Å². The van der Waals surface area contributed by atoms with Gasteiger partial charge in [0.2, 0.25) is 0 Å². The first-order valence-electron chi connectivity index (χ1n) is 11.6. The molecule has 2 aromatic rings. The molecule has 0 saturated heterocycles. The Balaban J connectivity index is 1.96. The maximum Gasteiger partial charge on any atom is 0.278 e. The van der Waals surface area contributed by atoms with Crippen molar-refractivity contribution in [2.24, 2.45) is 0 Å². The molecule has 1 aliphatic rings. The van der Waals surface area contributed by atoms with Gasteiger partial charge in [-0.3, -0.25) is 14.5 Å². The van der Waals surface area contributed by atoms with Crippen molar-refractivity contribution < 1.29 is 23.8 Å². The smallest absolute Gasteiger partial charge is 0.278 e. The van der Waals surface area contributed by atoms with E-state index in [9.17, 15) is 9.59 Å². The van der Waals surface area contributed by atoms with E-state index in [1.54, 1.807) is 25.3 Å². The highest BCUT2D eigenvalue weighted by Crippen LogP contribution is 2.36. The Hall–Kier alpha value is -3.32. The summed E-state index contributed by atoms with van der Waals surface area (Å²) < 4.78 is 16.3. The molecule has 34 heavy (non-hydrogen) atoms. The minimum absolute atomic E-state index is 0.0940. The maximum atomic E-state index is 13.4. The summed E-state index contributed by atoms with van der Waals surface area (Å²) in [5.41, 5.74) is 3.07. The van der Waals surface area contributed by atoms with E-state index in [-0.39, 0.29) is 30.2 Å². The van der Waals surface area contributed by atoms with Gasteiger partial charge in [-0.25, -0.2) is 0 Å². The first-order valence-corrected chi connectivity index (χ1v) is 11.6. The summed E-state index contributed by atoms with van der Waals surface area (Å²) in [6, 6.07) is 13.1. The van der Waals surface area contributed by atoms with Crippen LogP contribution in [0.2, 0.25) is 0 Å². The zero-order valence-corrected chi connectivity index (χ0v) is 20.8. The molecule has 0 spiro atoms. The van der Waals surface area contributed by atoms with E-state index in [4.69, 9.17) is 14.2 Å². The van der Waals surface area contributed by atoms with Crippen LogP contribution in [0.25, 0.3) is 5.57 Å². The predicted octanol–water partition coefficient (Wildman–Crippen LogP) is 4.83. The van der Waals surface area contributed by atoms with Crippen molar-refractivity contribution in [1.29, 1.82) is 0 Å². The van der Waals surface area contributed by atoms with Crippen molar-refractivity contribution in [2.45, 2.75) is 46.1 Å². The van der Waals surface area contributed by atoms with Crippen molar-refractivity contribution in [3.05, 3.63) is 59.3 Å². The van der Waals surface area contributed by atoms with Crippen molar-refractivity contribution in [1.82, 2.24) is 4.90 Å². The number of anilines is 1. The predicted molar refractivity (Wildman–Crippen MR) is 133 cm³/mol. The second kappa shape index (κ2) is 11.2. The van der Waals surface area contributed by atoms with Gasteiger partial charge >= 0.3 is 0 Å². The number of nitrogens with one attached hydrogen (secondary N) is 1. The molecule has 1 N–H and O–H groups in total. The number of ether oxygens (including phenoxy) is 3. The number of methoxy groups -OCH3 is 2. The molecule has 1 aliphatic heterocycles. The number of carbonyl (C=O) groups excluding carboxylic acids is 2. The van der Waals surface area contributed by atoms with Crippen LogP contribution in [0.3, 0.4) is 0 Å². The highest BCUT2D eigenvalue weighted by molar-refractivity contribution is 6.36.